The fourth-order valence-electron chi connectivity index (χ4n) is 1.76. The van der Waals surface area contributed by atoms with Gasteiger partial charge in [-0.15, -0.1) is 11.3 Å². The number of hydrogen-bond acceptors (Lipinski definition) is 6. The first kappa shape index (κ1) is 18.0. The molecule has 2 aromatic rings. The molecule has 2 aromatic heterocycles. The quantitative estimate of drug-likeness (QED) is 0.695. The maximum absolute atomic E-state index is 13.0. The molecule has 2 amide bonds. The van der Waals surface area contributed by atoms with E-state index in [1.54, 1.807) is 12.3 Å². The monoisotopic (exact) mass is 358 g/mol. The lowest BCUT2D eigenvalue weighted by Gasteiger charge is -2.14. The molecule has 0 bridgehead atoms. The Bertz CT molecular complexity index is 729. The van der Waals surface area contributed by atoms with Crippen molar-refractivity contribution >= 4 is 28.3 Å². The summed E-state index contributed by atoms with van der Waals surface area (Å²) in [6.45, 7) is -0.00688. The Kier molecular flexibility index (Phi) is 5.62. The van der Waals surface area contributed by atoms with E-state index in [-0.39, 0.29) is 12.3 Å². The molecule has 0 saturated carbocycles. The van der Waals surface area contributed by atoms with E-state index in [2.05, 4.69) is 15.6 Å². The molecule has 0 spiro atoms. The highest BCUT2D eigenvalue weighted by molar-refractivity contribution is 7.14. The molecule has 0 aliphatic carbocycles. The predicted molar refractivity (Wildman–Crippen MR) is 84.2 cm³/mol. The first-order chi connectivity index (χ1) is 11.3. The van der Waals surface area contributed by atoms with Gasteiger partial charge in [-0.2, -0.15) is 0 Å². The van der Waals surface area contributed by atoms with Crippen LogP contribution in [0.3, 0.4) is 0 Å². The van der Waals surface area contributed by atoms with Crippen molar-refractivity contribution in [2.24, 2.45) is 5.73 Å². The molecular weight excluding hydrogens is 342 g/mol. The highest BCUT2D eigenvalue weighted by atomic mass is 32.1. The Morgan fingerprint density at radius 3 is 2.83 bits per heavy atom. The minimum atomic E-state index is -3.14. The largest absolute Gasteiger partial charge is 0.469 e. The van der Waals surface area contributed by atoms with Gasteiger partial charge in [0.1, 0.15) is 5.76 Å². The molecule has 0 aliphatic rings. The molecular formula is C14H16F2N4O3S. The SMILES string of the molecule is Cc1occc1C(=O)Nc1nc(CC(=O)NCC(F)(F)CN)cs1. The topological polar surface area (TPSA) is 110 Å². The van der Waals surface area contributed by atoms with Crippen LogP contribution in [-0.4, -0.2) is 35.8 Å². The van der Waals surface area contributed by atoms with Gasteiger partial charge in [0.05, 0.1) is 37.0 Å². The standard InChI is InChI=1S/C14H16F2N4O3S/c1-8-10(2-3-23-8)12(22)20-13-19-9(5-24-13)4-11(21)18-7-14(15,16)6-17/h2-3,5H,4,6-7,17H2,1H3,(H,18,21)(H,19,20,22). The molecule has 0 aliphatic heterocycles. The first-order valence-electron chi connectivity index (χ1n) is 6.95. The third kappa shape index (κ3) is 4.83. The van der Waals surface area contributed by atoms with Crippen molar-refractivity contribution in [1.29, 1.82) is 0 Å². The third-order valence-corrected chi connectivity index (χ3v) is 3.87. The molecule has 10 heteroatoms. The molecule has 4 N–H and O–H groups in total. The molecule has 0 radical (unpaired) electrons. The second-order valence-corrected chi connectivity index (χ2v) is 5.86. The van der Waals surface area contributed by atoms with Crippen LogP contribution < -0.4 is 16.4 Å². The summed E-state index contributed by atoms with van der Waals surface area (Å²) >= 11 is 1.13. The van der Waals surface area contributed by atoms with Crippen LogP contribution in [0.15, 0.2) is 22.1 Å². The molecule has 2 rings (SSSR count). The van der Waals surface area contributed by atoms with E-state index in [0.717, 1.165) is 11.3 Å². The number of furan rings is 1. The number of carbonyl (C=O) groups is 2. The van der Waals surface area contributed by atoms with Gasteiger partial charge in [0.15, 0.2) is 5.13 Å². The number of thiazole rings is 1. The van der Waals surface area contributed by atoms with E-state index in [1.165, 1.54) is 12.3 Å². The number of aryl methyl sites for hydroxylation is 1. The van der Waals surface area contributed by atoms with Gasteiger partial charge in [-0.1, -0.05) is 0 Å². The zero-order valence-electron chi connectivity index (χ0n) is 12.8. The maximum atomic E-state index is 13.0. The smallest absolute Gasteiger partial charge is 0.277 e. The molecule has 7 nitrogen and oxygen atoms in total. The third-order valence-electron chi connectivity index (χ3n) is 3.06. The van der Waals surface area contributed by atoms with E-state index < -0.39 is 24.9 Å². The van der Waals surface area contributed by atoms with Crippen molar-refractivity contribution in [3.05, 3.63) is 34.7 Å². The number of hydrogen-bond donors (Lipinski definition) is 3. The van der Waals surface area contributed by atoms with Gasteiger partial charge in [-0.3, -0.25) is 14.9 Å². The van der Waals surface area contributed by atoms with Gasteiger partial charge in [0.2, 0.25) is 5.91 Å². The number of nitrogens with two attached hydrogens (primary N) is 1. The van der Waals surface area contributed by atoms with E-state index in [9.17, 15) is 18.4 Å². The maximum Gasteiger partial charge on any atom is 0.277 e. The number of rotatable bonds is 7. The van der Waals surface area contributed by atoms with Crippen molar-refractivity contribution in [3.63, 3.8) is 0 Å². The number of alkyl halides is 2. The van der Waals surface area contributed by atoms with Crippen molar-refractivity contribution in [2.75, 3.05) is 18.4 Å². The number of halogens is 2. The van der Waals surface area contributed by atoms with E-state index >= 15 is 0 Å². The van der Waals surface area contributed by atoms with Crippen LogP contribution in [-0.2, 0) is 11.2 Å². The molecule has 2 heterocycles. The van der Waals surface area contributed by atoms with E-state index in [1.807, 2.05) is 0 Å². The fraction of sp³-hybridized carbons (Fsp3) is 0.357. The average Bonchev–Trinajstić information content (AvgIpc) is 3.14. The molecule has 0 atom stereocenters. The van der Waals surface area contributed by atoms with Crippen LogP contribution >= 0.6 is 11.3 Å². The summed E-state index contributed by atoms with van der Waals surface area (Å²) in [4.78, 5) is 27.7. The summed E-state index contributed by atoms with van der Waals surface area (Å²) in [5.41, 5.74) is 5.64. The van der Waals surface area contributed by atoms with Crippen LogP contribution in [0.1, 0.15) is 21.8 Å². The van der Waals surface area contributed by atoms with Crippen molar-refractivity contribution < 1.29 is 22.8 Å². The van der Waals surface area contributed by atoms with Gasteiger partial charge < -0.3 is 15.5 Å². The lowest BCUT2D eigenvalue weighted by molar-refractivity contribution is -0.122. The van der Waals surface area contributed by atoms with Gasteiger partial charge in [0, 0.05) is 5.38 Å². The highest BCUT2D eigenvalue weighted by Gasteiger charge is 2.27. The lowest BCUT2D eigenvalue weighted by Crippen LogP contribution is -2.42. The van der Waals surface area contributed by atoms with Crippen LogP contribution in [0.2, 0.25) is 0 Å². The molecule has 0 fully saturated rings. The average molecular weight is 358 g/mol. The van der Waals surface area contributed by atoms with Gasteiger partial charge >= 0.3 is 0 Å². The first-order valence-corrected chi connectivity index (χ1v) is 7.83. The second-order valence-electron chi connectivity index (χ2n) is 5.00. The molecule has 0 unspecified atom stereocenters. The number of anilines is 1. The van der Waals surface area contributed by atoms with Crippen molar-refractivity contribution in [2.45, 2.75) is 19.3 Å². The predicted octanol–water partition coefficient (Wildman–Crippen LogP) is 1.55. The summed E-state index contributed by atoms with van der Waals surface area (Å²) in [6, 6.07) is 1.53. The Balaban J connectivity index is 1.88. The van der Waals surface area contributed by atoms with Crippen LogP contribution in [0.4, 0.5) is 13.9 Å². The zero-order valence-corrected chi connectivity index (χ0v) is 13.6. The summed E-state index contributed by atoms with van der Waals surface area (Å²) in [5, 5.41) is 6.55. The molecule has 24 heavy (non-hydrogen) atoms. The summed E-state index contributed by atoms with van der Waals surface area (Å²) < 4.78 is 31.0. The minimum Gasteiger partial charge on any atom is -0.469 e. The molecule has 130 valence electrons. The number of amides is 2. The summed E-state index contributed by atoms with van der Waals surface area (Å²) in [7, 11) is 0. The number of nitrogens with one attached hydrogen (secondary N) is 2. The van der Waals surface area contributed by atoms with Crippen LogP contribution in [0, 0.1) is 6.92 Å². The molecule has 0 saturated heterocycles. The summed E-state index contributed by atoms with van der Waals surface area (Å²) in [6.07, 6.45) is 1.23. The lowest BCUT2D eigenvalue weighted by atomic mass is 10.2. The zero-order chi connectivity index (χ0) is 17.7. The Morgan fingerprint density at radius 2 is 2.21 bits per heavy atom. The Morgan fingerprint density at radius 1 is 1.46 bits per heavy atom. The van der Waals surface area contributed by atoms with Crippen LogP contribution in [0.25, 0.3) is 0 Å². The minimum absolute atomic E-state index is 0.169. The fourth-order valence-corrected chi connectivity index (χ4v) is 2.46. The second kappa shape index (κ2) is 7.49. The van der Waals surface area contributed by atoms with Gasteiger partial charge in [0.25, 0.3) is 11.8 Å². The Labute approximate surface area is 140 Å². The van der Waals surface area contributed by atoms with E-state index in [4.69, 9.17) is 10.2 Å². The highest BCUT2D eigenvalue weighted by Crippen LogP contribution is 2.18. The molecule has 0 aromatic carbocycles. The summed E-state index contributed by atoms with van der Waals surface area (Å²) in [5.74, 6) is -3.64. The van der Waals surface area contributed by atoms with Gasteiger partial charge in [-0.25, -0.2) is 13.8 Å². The number of carbonyl (C=O) groups excluding carboxylic acids is 2. The Hall–Kier alpha value is -2.33. The van der Waals surface area contributed by atoms with Crippen molar-refractivity contribution in [1.82, 2.24) is 10.3 Å². The number of nitrogens with zero attached hydrogens (tertiary/aromatic N) is 1. The van der Waals surface area contributed by atoms with Gasteiger partial charge in [-0.05, 0) is 13.0 Å². The van der Waals surface area contributed by atoms with Crippen LogP contribution in [0.5, 0.6) is 0 Å². The number of aromatic nitrogens is 1. The van der Waals surface area contributed by atoms with Crippen molar-refractivity contribution in [3.8, 4) is 0 Å². The normalized spacial score (nSPS) is 11.3. The van der Waals surface area contributed by atoms with E-state index in [0.29, 0.717) is 22.1 Å².